The Labute approximate surface area is 93.2 Å². The van der Waals surface area contributed by atoms with Crippen LogP contribution in [0.2, 0.25) is 0 Å². The number of pyridine rings is 1. The molecular formula is C11H11N5. The fourth-order valence-electron chi connectivity index (χ4n) is 1.45. The molecule has 0 atom stereocenters. The predicted octanol–water partition coefficient (Wildman–Crippen LogP) is 1.34. The van der Waals surface area contributed by atoms with E-state index in [0.717, 1.165) is 11.4 Å². The van der Waals surface area contributed by atoms with Gasteiger partial charge in [-0.1, -0.05) is 0 Å². The summed E-state index contributed by atoms with van der Waals surface area (Å²) < 4.78 is 1.81. The van der Waals surface area contributed by atoms with Crippen molar-refractivity contribution in [1.82, 2.24) is 14.5 Å². The summed E-state index contributed by atoms with van der Waals surface area (Å²) in [5, 5.41) is 8.72. The Morgan fingerprint density at radius 3 is 2.62 bits per heavy atom. The first-order valence-corrected chi connectivity index (χ1v) is 4.80. The van der Waals surface area contributed by atoms with E-state index in [1.807, 2.05) is 24.5 Å². The number of aryl methyl sites for hydroxylation is 1. The zero-order valence-electron chi connectivity index (χ0n) is 9.10. The summed E-state index contributed by atoms with van der Waals surface area (Å²) in [7, 11) is 0. The van der Waals surface area contributed by atoms with Crippen LogP contribution in [0, 0.1) is 25.2 Å². The second-order valence-corrected chi connectivity index (χ2v) is 3.53. The third-order valence-electron chi connectivity index (χ3n) is 2.50. The maximum Gasteiger partial charge on any atom is 0.161 e. The molecule has 0 fully saturated rings. The summed E-state index contributed by atoms with van der Waals surface area (Å²) in [5.41, 5.74) is 8.70. The third kappa shape index (κ3) is 1.50. The molecule has 0 saturated carbocycles. The smallest absolute Gasteiger partial charge is 0.161 e. The molecule has 0 aliphatic heterocycles. The third-order valence-corrected chi connectivity index (χ3v) is 2.50. The minimum absolute atomic E-state index is 0.454. The van der Waals surface area contributed by atoms with E-state index in [1.165, 1.54) is 6.20 Å². The lowest BCUT2D eigenvalue weighted by atomic mass is 10.2. The van der Waals surface area contributed by atoms with Crippen LogP contribution < -0.4 is 5.73 Å². The molecule has 0 spiro atoms. The first-order valence-electron chi connectivity index (χ1n) is 4.80. The average molecular weight is 213 g/mol. The predicted molar refractivity (Wildman–Crippen MR) is 60.0 cm³/mol. The zero-order chi connectivity index (χ0) is 11.7. The molecule has 0 saturated heterocycles. The van der Waals surface area contributed by atoms with Crippen LogP contribution in [0.25, 0.3) is 5.82 Å². The van der Waals surface area contributed by atoms with Crippen LogP contribution in [-0.4, -0.2) is 14.5 Å². The number of nitrogens with zero attached hydrogens (tertiary/aromatic N) is 4. The van der Waals surface area contributed by atoms with Crippen LogP contribution in [0.4, 0.5) is 5.69 Å². The van der Waals surface area contributed by atoms with Crippen molar-refractivity contribution in [2.75, 3.05) is 5.73 Å². The molecule has 16 heavy (non-hydrogen) atoms. The SMILES string of the molecule is Cc1ncn(-c2ncc(C#N)cc2N)c1C. The molecule has 2 aromatic heterocycles. The standard InChI is InChI=1S/C11H11N5/c1-7-8(2)16(6-15-7)11-10(13)3-9(4-12)5-14-11/h3,5-6H,13H2,1-2H3. The van der Waals surface area contributed by atoms with Gasteiger partial charge >= 0.3 is 0 Å². The highest BCUT2D eigenvalue weighted by Gasteiger charge is 2.09. The fraction of sp³-hybridized carbons (Fsp3) is 0.182. The Kier molecular flexibility index (Phi) is 2.33. The van der Waals surface area contributed by atoms with Gasteiger partial charge in [0.05, 0.1) is 16.9 Å². The van der Waals surface area contributed by atoms with Gasteiger partial charge in [0.2, 0.25) is 0 Å². The van der Waals surface area contributed by atoms with E-state index in [-0.39, 0.29) is 0 Å². The number of hydrogen-bond acceptors (Lipinski definition) is 4. The van der Waals surface area contributed by atoms with E-state index in [0.29, 0.717) is 17.1 Å². The molecule has 0 radical (unpaired) electrons. The highest BCUT2D eigenvalue weighted by molar-refractivity contribution is 5.56. The summed E-state index contributed by atoms with van der Waals surface area (Å²) in [6.07, 6.45) is 3.18. The lowest BCUT2D eigenvalue weighted by Crippen LogP contribution is -2.04. The minimum Gasteiger partial charge on any atom is -0.396 e. The lowest BCUT2D eigenvalue weighted by molar-refractivity contribution is 0.953. The number of nitrogen functional groups attached to an aromatic ring is 1. The van der Waals surface area contributed by atoms with Gasteiger partial charge < -0.3 is 5.73 Å². The summed E-state index contributed by atoms with van der Waals surface area (Å²) in [4.78, 5) is 8.35. The molecule has 0 amide bonds. The summed E-state index contributed by atoms with van der Waals surface area (Å²) in [6, 6.07) is 3.61. The molecule has 0 aliphatic rings. The van der Waals surface area contributed by atoms with Crippen molar-refractivity contribution < 1.29 is 0 Å². The monoisotopic (exact) mass is 213 g/mol. The molecule has 0 aromatic carbocycles. The van der Waals surface area contributed by atoms with Crippen LogP contribution in [0.1, 0.15) is 17.0 Å². The van der Waals surface area contributed by atoms with Crippen molar-refractivity contribution in [2.45, 2.75) is 13.8 Å². The Morgan fingerprint density at radius 2 is 2.12 bits per heavy atom. The maximum absolute atomic E-state index is 8.72. The highest BCUT2D eigenvalue weighted by atomic mass is 15.1. The summed E-state index contributed by atoms with van der Waals surface area (Å²) in [5.74, 6) is 0.608. The van der Waals surface area contributed by atoms with Gasteiger partial charge in [-0.15, -0.1) is 0 Å². The Bertz CT molecular complexity index is 577. The molecule has 80 valence electrons. The van der Waals surface area contributed by atoms with Crippen LogP contribution in [0.5, 0.6) is 0 Å². The normalized spacial score (nSPS) is 10.1. The van der Waals surface area contributed by atoms with Crippen LogP contribution in [0.3, 0.4) is 0 Å². The molecule has 5 heteroatoms. The van der Waals surface area contributed by atoms with Gasteiger partial charge in [0.1, 0.15) is 12.4 Å². The number of nitrogens with two attached hydrogens (primary N) is 1. The summed E-state index contributed by atoms with van der Waals surface area (Å²) in [6.45, 7) is 3.87. The number of anilines is 1. The van der Waals surface area contributed by atoms with E-state index in [9.17, 15) is 0 Å². The maximum atomic E-state index is 8.72. The van der Waals surface area contributed by atoms with Crippen molar-refractivity contribution in [1.29, 1.82) is 5.26 Å². The van der Waals surface area contributed by atoms with Crippen molar-refractivity contribution in [3.05, 3.63) is 35.5 Å². The largest absolute Gasteiger partial charge is 0.396 e. The first kappa shape index (κ1) is 10.2. The van der Waals surface area contributed by atoms with E-state index in [2.05, 4.69) is 9.97 Å². The highest BCUT2D eigenvalue weighted by Crippen LogP contribution is 2.18. The summed E-state index contributed by atoms with van der Waals surface area (Å²) >= 11 is 0. The molecule has 0 unspecified atom stereocenters. The van der Waals surface area contributed by atoms with Gasteiger partial charge in [0.25, 0.3) is 0 Å². The number of nitriles is 1. The van der Waals surface area contributed by atoms with Crippen LogP contribution in [0.15, 0.2) is 18.6 Å². The first-order chi connectivity index (χ1) is 7.63. The number of rotatable bonds is 1. The van der Waals surface area contributed by atoms with Crippen molar-refractivity contribution >= 4 is 5.69 Å². The number of imidazole rings is 1. The van der Waals surface area contributed by atoms with Crippen LogP contribution in [-0.2, 0) is 0 Å². The van der Waals surface area contributed by atoms with Gasteiger partial charge in [0, 0.05) is 11.9 Å². The Morgan fingerprint density at radius 1 is 1.38 bits per heavy atom. The second kappa shape index (κ2) is 3.66. The van der Waals surface area contributed by atoms with E-state index < -0.39 is 0 Å². The Balaban J connectivity index is 2.58. The minimum atomic E-state index is 0.454. The zero-order valence-corrected chi connectivity index (χ0v) is 9.10. The quantitative estimate of drug-likeness (QED) is 0.775. The number of hydrogen-bond donors (Lipinski definition) is 1. The van der Waals surface area contributed by atoms with E-state index in [1.54, 1.807) is 12.4 Å². The van der Waals surface area contributed by atoms with Gasteiger partial charge in [-0.3, -0.25) is 4.57 Å². The van der Waals surface area contributed by atoms with Crippen LogP contribution >= 0.6 is 0 Å². The molecule has 5 nitrogen and oxygen atoms in total. The lowest BCUT2D eigenvalue weighted by Gasteiger charge is -2.07. The molecule has 2 heterocycles. The van der Waals surface area contributed by atoms with E-state index >= 15 is 0 Å². The molecule has 2 N–H and O–H groups in total. The van der Waals surface area contributed by atoms with E-state index in [4.69, 9.17) is 11.0 Å². The van der Waals surface area contributed by atoms with Gasteiger partial charge in [-0.2, -0.15) is 5.26 Å². The van der Waals surface area contributed by atoms with Crippen molar-refractivity contribution in [2.24, 2.45) is 0 Å². The van der Waals surface area contributed by atoms with Crippen molar-refractivity contribution in [3.8, 4) is 11.9 Å². The molecule has 2 rings (SSSR count). The second-order valence-electron chi connectivity index (χ2n) is 3.53. The fourth-order valence-corrected chi connectivity index (χ4v) is 1.45. The molecule has 0 aliphatic carbocycles. The molecular weight excluding hydrogens is 202 g/mol. The van der Waals surface area contributed by atoms with Crippen molar-refractivity contribution in [3.63, 3.8) is 0 Å². The van der Waals surface area contributed by atoms with Gasteiger partial charge in [0.15, 0.2) is 5.82 Å². The average Bonchev–Trinajstić information content (AvgIpc) is 2.60. The molecule has 2 aromatic rings. The Hall–Kier alpha value is -2.35. The molecule has 0 bridgehead atoms. The topological polar surface area (TPSA) is 80.5 Å². The van der Waals surface area contributed by atoms with Gasteiger partial charge in [-0.25, -0.2) is 9.97 Å². The van der Waals surface area contributed by atoms with Gasteiger partial charge in [-0.05, 0) is 19.9 Å². The number of aromatic nitrogens is 3.